The van der Waals surface area contributed by atoms with Crippen LogP contribution in [0.15, 0.2) is 0 Å². The van der Waals surface area contributed by atoms with Crippen molar-refractivity contribution < 1.29 is 14.3 Å². The molecule has 2 atom stereocenters. The molecule has 5 nitrogen and oxygen atoms in total. The topological polar surface area (TPSA) is 81.4 Å². The number of carbonyl (C=O) groups is 2. The molecule has 0 fully saturated rings. The first-order valence-electron chi connectivity index (χ1n) is 6.97. The minimum Gasteiger partial charge on any atom is -0.461 e. The summed E-state index contributed by atoms with van der Waals surface area (Å²) in [5, 5.41) is 2.74. The van der Waals surface area contributed by atoms with Crippen LogP contribution >= 0.6 is 0 Å². The average molecular weight is 272 g/mol. The van der Waals surface area contributed by atoms with Gasteiger partial charge in [-0.2, -0.15) is 0 Å². The molecule has 0 aromatic heterocycles. The van der Waals surface area contributed by atoms with E-state index in [0.717, 1.165) is 0 Å². The van der Waals surface area contributed by atoms with Crippen LogP contribution in [0.3, 0.4) is 0 Å². The number of ether oxygens (including phenoxy) is 1. The maximum absolute atomic E-state index is 11.9. The second kappa shape index (κ2) is 8.91. The van der Waals surface area contributed by atoms with E-state index in [1.54, 1.807) is 13.8 Å². The van der Waals surface area contributed by atoms with Crippen LogP contribution in [0.4, 0.5) is 0 Å². The average Bonchev–Trinajstić information content (AvgIpc) is 2.23. The van der Waals surface area contributed by atoms with Gasteiger partial charge >= 0.3 is 5.97 Å². The summed E-state index contributed by atoms with van der Waals surface area (Å²) < 4.78 is 5.16. The molecule has 0 rings (SSSR count). The quantitative estimate of drug-likeness (QED) is 0.658. The highest BCUT2D eigenvalue weighted by molar-refractivity contribution is 5.84. The Morgan fingerprint density at radius 3 is 2.16 bits per heavy atom. The normalized spacial score (nSPS) is 14.3. The molecule has 0 aromatic rings. The highest BCUT2D eigenvalue weighted by Gasteiger charge is 2.24. The van der Waals surface area contributed by atoms with Gasteiger partial charge in [0.25, 0.3) is 0 Å². The molecule has 1 amide bonds. The Kier molecular flexibility index (Phi) is 8.39. The summed E-state index contributed by atoms with van der Waals surface area (Å²) in [6, 6.07) is -0.583. The molecule has 5 heteroatoms. The lowest BCUT2D eigenvalue weighted by Gasteiger charge is -2.21. The predicted octanol–water partition coefficient (Wildman–Crippen LogP) is 1.60. The van der Waals surface area contributed by atoms with Gasteiger partial charge in [0.05, 0.1) is 6.10 Å². The number of rotatable bonds is 8. The van der Waals surface area contributed by atoms with Gasteiger partial charge in [0.15, 0.2) is 0 Å². The SMILES string of the molecule is CC(C)C[C@H](NC(=O)CCC(C)N)C(=O)OC(C)C. The van der Waals surface area contributed by atoms with E-state index >= 15 is 0 Å². The summed E-state index contributed by atoms with van der Waals surface area (Å²) in [4.78, 5) is 23.7. The maximum Gasteiger partial charge on any atom is 0.328 e. The number of hydrogen-bond acceptors (Lipinski definition) is 4. The van der Waals surface area contributed by atoms with Gasteiger partial charge in [-0.1, -0.05) is 13.8 Å². The van der Waals surface area contributed by atoms with E-state index in [1.807, 2.05) is 20.8 Å². The standard InChI is InChI=1S/C14H28N2O3/c1-9(2)8-12(14(18)19-10(3)4)16-13(17)7-6-11(5)15/h9-12H,6-8,15H2,1-5H3,(H,16,17)/t11?,12-/m0/s1. The molecule has 0 bridgehead atoms. The van der Waals surface area contributed by atoms with Gasteiger partial charge in [-0.05, 0) is 39.5 Å². The lowest BCUT2D eigenvalue weighted by Crippen LogP contribution is -2.43. The Balaban J connectivity index is 4.41. The highest BCUT2D eigenvalue weighted by atomic mass is 16.5. The molecule has 0 radical (unpaired) electrons. The van der Waals surface area contributed by atoms with E-state index in [0.29, 0.717) is 25.2 Å². The predicted molar refractivity (Wildman–Crippen MR) is 75.5 cm³/mol. The van der Waals surface area contributed by atoms with E-state index < -0.39 is 6.04 Å². The fourth-order valence-corrected chi connectivity index (χ4v) is 1.63. The lowest BCUT2D eigenvalue weighted by molar-refractivity contribution is -0.152. The van der Waals surface area contributed by atoms with Crippen molar-refractivity contribution in [1.82, 2.24) is 5.32 Å². The largest absolute Gasteiger partial charge is 0.461 e. The summed E-state index contributed by atoms with van der Waals surface area (Å²) >= 11 is 0. The summed E-state index contributed by atoms with van der Waals surface area (Å²) in [7, 11) is 0. The van der Waals surface area contributed by atoms with Gasteiger partial charge in [0.2, 0.25) is 5.91 Å². The van der Waals surface area contributed by atoms with Gasteiger partial charge in [-0.25, -0.2) is 4.79 Å². The van der Waals surface area contributed by atoms with E-state index in [9.17, 15) is 9.59 Å². The van der Waals surface area contributed by atoms with E-state index in [1.165, 1.54) is 0 Å². The third-order valence-electron chi connectivity index (χ3n) is 2.51. The Bertz CT molecular complexity index is 288. The summed E-state index contributed by atoms with van der Waals surface area (Å²) in [6.45, 7) is 9.45. The first-order valence-corrected chi connectivity index (χ1v) is 6.97. The molecule has 0 saturated heterocycles. The lowest BCUT2D eigenvalue weighted by atomic mass is 10.0. The summed E-state index contributed by atoms with van der Waals surface area (Å²) in [6.07, 6.45) is 1.35. The van der Waals surface area contributed by atoms with Crippen molar-refractivity contribution in [2.24, 2.45) is 11.7 Å². The minimum absolute atomic E-state index is 0.0167. The van der Waals surface area contributed by atoms with Gasteiger partial charge in [-0.15, -0.1) is 0 Å². The molecule has 0 spiro atoms. The maximum atomic E-state index is 11.9. The van der Waals surface area contributed by atoms with Crippen molar-refractivity contribution in [3.63, 3.8) is 0 Å². The van der Waals surface area contributed by atoms with Crippen LogP contribution < -0.4 is 11.1 Å². The van der Waals surface area contributed by atoms with Crippen LogP contribution in [0, 0.1) is 5.92 Å². The molecule has 112 valence electrons. The molecule has 0 saturated carbocycles. The van der Waals surface area contributed by atoms with Crippen molar-refractivity contribution in [1.29, 1.82) is 0 Å². The smallest absolute Gasteiger partial charge is 0.328 e. The van der Waals surface area contributed by atoms with Gasteiger partial charge in [0, 0.05) is 12.5 Å². The number of nitrogens with two attached hydrogens (primary N) is 1. The molecule has 0 aromatic carbocycles. The van der Waals surface area contributed by atoms with Crippen molar-refractivity contribution in [2.75, 3.05) is 0 Å². The fraction of sp³-hybridized carbons (Fsp3) is 0.857. The second-order valence-electron chi connectivity index (χ2n) is 5.75. The first-order chi connectivity index (χ1) is 8.72. The third kappa shape index (κ3) is 9.47. The van der Waals surface area contributed by atoms with Crippen LogP contribution in [-0.2, 0) is 14.3 Å². The Morgan fingerprint density at radius 2 is 1.74 bits per heavy atom. The molecule has 19 heavy (non-hydrogen) atoms. The van der Waals surface area contributed by atoms with Crippen LogP contribution in [0.5, 0.6) is 0 Å². The van der Waals surface area contributed by atoms with Crippen molar-refractivity contribution in [3.8, 4) is 0 Å². The Morgan fingerprint density at radius 1 is 1.16 bits per heavy atom. The van der Waals surface area contributed by atoms with Gasteiger partial charge in [-0.3, -0.25) is 4.79 Å². The summed E-state index contributed by atoms with van der Waals surface area (Å²) in [5.41, 5.74) is 5.61. The van der Waals surface area contributed by atoms with Crippen molar-refractivity contribution in [2.45, 2.75) is 72.1 Å². The van der Waals surface area contributed by atoms with Gasteiger partial charge in [0.1, 0.15) is 6.04 Å². The molecule has 0 aliphatic carbocycles. The second-order valence-corrected chi connectivity index (χ2v) is 5.75. The zero-order valence-electron chi connectivity index (χ0n) is 12.7. The Hall–Kier alpha value is -1.10. The number of nitrogens with one attached hydrogen (secondary N) is 1. The number of hydrogen-bond donors (Lipinski definition) is 2. The van der Waals surface area contributed by atoms with Gasteiger partial charge < -0.3 is 15.8 Å². The molecule has 0 aliphatic rings. The number of amides is 1. The van der Waals surface area contributed by atoms with E-state index in [-0.39, 0.29) is 24.0 Å². The van der Waals surface area contributed by atoms with Crippen LogP contribution in [0.1, 0.15) is 53.9 Å². The molecule has 3 N–H and O–H groups in total. The monoisotopic (exact) mass is 272 g/mol. The molecule has 1 unspecified atom stereocenters. The number of carbonyl (C=O) groups excluding carboxylic acids is 2. The molecular weight excluding hydrogens is 244 g/mol. The van der Waals surface area contributed by atoms with Crippen LogP contribution in [0.25, 0.3) is 0 Å². The van der Waals surface area contributed by atoms with Crippen molar-refractivity contribution in [3.05, 3.63) is 0 Å². The summed E-state index contributed by atoms with van der Waals surface area (Å²) in [5.74, 6) is -0.208. The van der Waals surface area contributed by atoms with Crippen molar-refractivity contribution >= 4 is 11.9 Å². The van der Waals surface area contributed by atoms with E-state index in [2.05, 4.69) is 5.32 Å². The van der Waals surface area contributed by atoms with Crippen LogP contribution in [-0.4, -0.2) is 30.1 Å². The fourth-order valence-electron chi connectivity index (χ4n) is 1.63. The molecular formula is C14H28N2O3. The highest BCUT2D eigenvalue weighted by Crippen LogP contribution is 2.08. The van der Waals surface area contributed by atoms with E-state index in [4.69, 9.17) is 10.5 Å². The number of esters is 1. The molecule has 0 aliphatic heterocycles. The molecule has 0 heterocycles. The minimum atomic E-state index is -0.567. The van der Waals surface area contributed by atoms with Crippen LogP contribution in [0.2, 0.25) is 0 Å². The zero-order valence-corrected chi connectivity index (χ0v) is 12.7. The zero-order chi connectivity index (χ0) is 15.0. The Labute approximate surface area is 116 Å². The first kappa shape index (κ1) is 17.9. The third-order valence-corrected chi connectivity index (χ3v) is 2.51.